The van der Waals surface area contributed by atoms with Gasteiger partial charge >= 0.3 is 0 Å². The zero-order chi connectivity index (χ0) is 30.2. The summed E-state index contributed by atoms with van der Waals surface area (Å²) in [5, 5.41) is 11.1. The molecule has 0 radical (unpaired) electrons. The molecule has 1 heterocycles. The molecule has 0 bridgehead atoms. The van der Waals surface area contributed by atoms with Crippen LogP contribution in [-0.2, 0) is 6.61 Å². The Morgan fingerprint density at radius 2 is 1.74 bits per heavy atom. The molecule has 0 fully saturated rings. The molecule has 5 rings (SSSR count). The molecule has 4 aromatic carbocycles. The molecule has 1 aromatic heterocycles. The lowest BCUT2D eigenvalue weighted by Crippen LogP contribution is -2.17. The number of anilines is 2. The number of nitrogens with one attached hydrogen (secondary N) is 2. The Morgan fingerprint density at radius 3 is 2.47 bits per heavy atom. The van der Waals surface area contributed by atoms with Crippen molar-refractivity contribution < 1.29 is 14.3 Å². The van der Waals surface area contributed by atoms with E-state index in [4.69, 9.17) is 32.7 Å². The fourth-order valence-electron chi connectivity index (χ4n) is 3.94. The maximum atomic E-state index is 12.7. The first-order valence-corrected chi connectivity index (χ1v) is 15.6. The van der Waals surface area contributed by atoms with Gasteiger partial charge in [0.25, 0.3) is 5.91 Å². The summed E-state index contributed by atoms with van der Waals surface area (Å²) in [6.45, 7) is 2.64. The van der Waals surface area contributed by atoms with Gasteiger partial charge in [0.15, 0.2) is 16.6 Å². The van der Waals surface area contributed by atoms with Crippen LogP contribution in [0.2, 0.25) is 10.0 Å². The van der Waals surface area contributed by atoms with Crippen LogP contribution in [-0.4, -0.2) is 23.7 Å². The number of thiazole rings is 1. The van der Waals surface area contributed by atoms with Crippen LogP contribution in [0, 0.1) is 0 Å². The summed E-state index contributed by atoms with van der Waals surface area (Å²) in [6, 6.07) is 25.9. The first-order valence-electron chi connectivity index (χ1n) is 13.1. The Balaban J connectivity index is 1.19. The van der Waals surface area contributed by atoms with Gasteiger partial charge in [-0.2, -0.15) is 5.10 Å². The highest BCUT2D eigenvalue weighted by Crippen LogP contribution is 2.37. The summed E-state index contributed by atoms with van der Waals surface area (Å²) in [5.41, 5.74) is 7.24. The minimum absolute atomic E-state index is 0.333. The molecule has 0 aliphatic rings. The van der Waals surface area contributed by atoms with Gasteiger partial charge in [-0.3, -0.25) is 4.79 Å². The molecule has 2 N–H and O–H groups in total. The average Bonchev–Trinajstić information content (AvgIpc) is 3.47. The molecule has 1 amide bonds. The fraction of sp³-hybridized carbons (Fsp3) is 0.0938. The minimum Gasteiger partial charge on any atom is -0.490 e. The molecule has 0 unspecified atom stereocenters. The first-order chi connectivity index (χ1) is 20.9. The van der Waals surface area contributed by atoms with Crippen molar-refractivity contribution in [2.45, 2.75) is 13.5 Å². The molecule has 218 valence electrons. The zero-order valence-electron chi connectivity index (χ0n) is 22.8. The molecule has 5 aromatic rings. The van der Waals surface area contributed by atoms with Gasteiger partial charge in [-0.1, -0.05) is 63.4 Å². The van der Waals surface area contributed by atoms with Crippen LogP contribution in [0.1, 0.15) is 28.4 Å². The summed E-state index contributed by atoms with van der Waals surface area (Å²) in [4.78, 5) is 17.4. The van der Waals surface area contributed by atoms with Gasteiger partial charge in [-0.15, -0.1) is 11.3 Å². The van der Waals surface area contributed by atoms with Gasteiger partial charge in [-0.25, -0.2) is 10.4 Å². The van der Waals surface area contributed by atoms with E-state index >= 15 is 0 Å². The zero-order valence-corrected chi connectivity index (χ0v) is 26.7. The normalized spacial score (nSPS) is 11.0. The highest BCUT2D eigenvalue weighted by molar-refractivity contribution is 9.10. The molecular weight excluding hydrogens is 671 g/mol. The van der Waals surface area contributed by atoms with Gasteiger partial charge < -0.3 is 14.8 Å². The molecule has 0 aliphatic heterocycles. The van der Waals surface area contributed by atoms with Gasteiger partial charge in [0.2, 0.25) is 0 Å². The van der Waals surface area contributed by atoms with E-state index in [-0.39, 0.29) is 5.91 Å². The van der Waals surface area contributed by atoms with Crippen molar-refractivity contribution in [3.63, 3.8) is 0 Å². The maximum Gasteiger partial charge on any atom is 0.271 e. The number of hydrogen-bond donors (Lipinski definition) is 2. The number of benzene rings is 4. The van der Waals surface area contributed by atoms with Crippen LogP contribution in [0.3, 0.4) is 0 Å². The Bertz CT molecular complexity index is 1730. The smallest absolute Gasteiger partial charge is 0.271 e. The van der Waals surface area contributed by atoms with Crippen LogP contribution < -0.4 is 20.2 Å². The van der Waals surface area contributed by atoms with Crippen molar-refractivity contribution in [2.24, 2.45) is 5.10 Å². The quantitative estimate of drug-likeness (QED) is 0.106. The molecule has 0 spiro atoms. The topological polar surface area (TPSA) is 84.8 Å². The van der Waals surface area contributed by atoms with Gasteiger partial charge in [0.05, 0.1) is 23.5 Å². The largest absolute Gasteiger partial charge is 0.490 e. The second kappa shape index (κ2) is 14.5. The number of halogens is 3. The predicted octanol–water partition coefficient (Wildman–Crippen LogP) is 9.36. The van der Waals surface area contributed by atoms with Gasteiger partial charge in [0.1, 0.15) is 6.61 Å². The van der Waals surface area contributed by atoms with E-state index in [1.807, 2.05) is 73.0 Å². The van der Waals surface area contributed by atoms with Gasteiger partial charge in [0, 0.05) is 31.7 Å². The number of nitrogens with zero attached hydrogens (tertiary/aromatic N) is 2. The van der Waals surface area contributed by atoms with E-state index in [1.165, 1.54) is 17.6 Å². The van der Waals surface area contributed by atoms with Crippen LogP contribution in [0.25, 0.3) is 11.3 Å². The monoisotopic (exact) mass is 694 g/mol. The van der Waals surface area contributed by atoms with Crippen LogP contribution in [0.4, 0.5) is 10.8 Å². The second-order valence-electron chi connectivity index (χ2n) is 9.12. The van der Waals surface area contributed by atoms with Crippen LogP contribution in [0.5, 0.6) is 11.5 Å². The van der Waals surface area contributed by atoms with Crippen LogP contribution in [0.15, 0.2) is 99.9 Å². The molecule has 0 aliphatic carbocycles. The molecule has 7 nitrogen and oxygen atoms in total. The van der Waals surface area contributed by atoms with Crippen molar-refractivity contribution >= 4 is 73.4 Å². The minimum atomic E-state index is -0.350. The van der Waals surface area contributed by atoms with E-state index in [2.05, 4.69) is 36.8 Å². The number of hydrogen-bond acceptors (Lipinski definition) is 7. The third kappa shape index (κ3) is 8.36. The van der Waals surface area contributed by atoms with E-state index in [0.29, 0.717) is 45.9 Å². The van der Waals surface area contributed by atoms with Crippen molar-refractivity contribution in [3.05, 3.63) is 122 Å². The number of aromatic nitrogens is 1. The third-order valence-corrected chi connectivity index (χ3v) is 7.87. The Labute approximate surface area is 271 Å². The Kier molecular flexibility index (Phi) is 10.3. The maximum absolute atomic E-state index is 12.7. The van der Waals surface area contributed by atoms with Crippen molar-refractivity contribution in [1.29, 1.82) is 0 Å². The first kappa shape index (κ1) is 30.6. The predicted molar refractivity (Wildman–Crippen MR) is 178 cm³/mol. The number of rotatable bonds is 11. The number of ether oxygens (including phenoxy) is 2. The van der Waals surface area contributed by atoms with E-state index < -0.39 is 0 Å². The summed E-state index contributed by atoms with van der Waals surface area (Å²) in [7, 11) is 0. The second-order valence-corrected chi connectivity index (χ2v) is 11.7. The SMILES string of the molecule is CCOc1cc(/C=N\NC(=O)c2ccc(-c3csc(Nc4ccc(Cl)cc4)n3)cc2)cc(Cl)c1OCc1ccc(Br)cc1. The van der Waals surface area contributed by atoms with Crippen molar-refractivity contribution in [1.82, 2.24) is 10.4 Å². The lowest BCUT2D eigenvalue weighted by atomic mass is 10.1. The summed E-state index contributed by atoms with van der Waals surface area (Å²) >= 11 is 17.4. The molecule has 0 atom stereocenters. The number of carbonyl (C=O) groups is 1. The van der Waals surface area contributed by atoms with E-state index in [1.54, 1.807) is 24.3 Å². The van der Waals surface area contributed by atoms with E-state index in [0.717, 1.165) is 32.1 Å². The van der Waals surface area contributed by atoms with Crippen molar-refractivity contribution in [3.8, 4) is 22.8 Å². The Morgan fingerprint density at radius 1 is 1.00 bits per heavy atom. The molecule has 11 heteroatoms. The fourth-order valence-corrected chi connectivity index (χ4v) is 5.35. The lowest BCUT2D eigenvalue weighted by molar-refractivity contribution is 0.0955. The number of amides is 1. The van der Waals surface area contributed by atoms with Crippen LogP contribution >= 0.6 is 50.5 Å². The number of carbonyl (C=O) groups excluding carboxylic acids is 1. The standard InChI is InChI=1S/C32H25BrCl2N4O3S/c1-2-41-29-16-21(15-27(35)30(29)42-18-20-3-9-24(33)10-4-20)17-36-39-31(40)23-7-5-22(6-8-23)28-19-43-32(38-28)37-26-13-11-25(34)12-14-26/h3-17,19H,2,18H2,1H3,(H,37,38)(H,39,40)/b36-17-. The van der Waals surface area contributed by atoms with Crippen molar-refractivity contribution in [2.75, 3.05) is 11.9 Å². The third-order valence-electron chi connectivity index (χ3n) is 6.05. The number of hydrazone groups is 1. The summed E-state index contributed by atoms with van der Waals surface area (Å²) in [5.74, 6) is 0.585. The molecular formula is C32H25BrCl2N4O3S. The molecule has 0 saturated carbocycles. The van der Waals surface area contributed by atoms with E-state index in [9.17, 15) is 4.79 Å². The molecule has 43 heavy (non-hydrogen) atoms. The van der Waals surface area contributed by atoms with Gasteiger partial charge in [-0.05, 0) is 78.7 Å². The Hall–Kier alpha value is -3.89. The highest BCUT2D eigenvalue weighted by Gasteiger charge is 2.13. The summed E-state index contributed by atoms with van der Waals surface area (Å²) in [6.07, 6.45) is 1.50. The summed E-state index contributed by atoms with van der Waals surface area (Å²) < 4.78 is 12.7. The highest BCUT2D eigenvalue weighted by atomic mass is 79.9. The average molecular weight is 696 g/mol. The molecule has 0 saturated heterocycles. The lowest BCUT2D eigenvalue weighted by Gasteiger charge is -2.14.